The van der Waals surface area contributed by atoms with Crippen molar-refractivity contribution in [2.75, 3.05) is 63.2 Å². The van der Waals surface area contributed by atoms with Gasteiger partial charge >= 0.3 is 6.03 Å². The van der Waals surface area contributed by atoms with Gasteiger partial charge in [0.05, 0.1) is 18.9 Å². The van der Waals surface area contributed by atoms with Crippen LogP contribution >= 0.6 is 0 Å². The van der Waals surface area contributed by atoms with Gasteiger partial charge in [-0.1, -0.05) is 19.3 Å². The molecule has 1 saturated carbocycles. The molecule has 4 rings (SSSR count). The van der Waals surface area contributed by atoms with Crippen molar-refractivity contribution in [2.24, 2.45) is 5.92 Å². The number of amides is 2. The molecule has 31 heavy (non-hydrogen) atoms. The van der Waals surface area contributed by atoms with Gasteiger partial charge in [0.2, 0.25) is 0 Å². The fraction of sp³-hybridized carbons (Fsp3) is 0.708. The second-order valence-electron chi connectivity index (χ2n) is 9.34. The number of nitrogens with zero attached hydrogens (tertiary/aromatic N) is 3. The lowest BCUT2D eigenvalue weighted by Gasteiger charge is -2.36. The highest BCUT2D eigenvalue weighted by Crippen LogP contribution is 2.29. The number of rotatable bonds is 5. The molecule has 2 heterocycles. The van der Waals surface area contributed by atoms with Crippen LogP contribution < -0.4 is 10.2 Å². The lowest BCUT2D eigenvalue weighted by atomic mass is 9.94. The largest absolute Gasteiger partial charge is 0.379 e. The van der Waals surface area contributed by atoms with Crippen LogP contribution in [-0.2, 0) is 4.74 Å². The van der Waals surface area contributed by atoms with E-state index >= 15 is 0 Å². The lowest BCUT2D eigenvalue weighted by molar-refractivity contribution is 0.0260. The van der Waals surface area contributed by atoms with Gasteiger partial charge in [-0.3, -0.25) is 4.90 Å². The standard InChI is InChI=1S/C24H37FN4O2/c1-27(21-5-3-2-4-6-21)23-8-7-20(17-22(23)25)26-24(30)29-11-9-19(10-12-29)18-28-13-15-31-16-14-28/h7-8,17,19,21H,2-6,9-16,18H2,1H3,(H,26,30). The molecule has 1 N–H and O–H groups in total. The molecular formula is C24H37FN4O2. The van der Waals surface area contributed by atoms with Crippen molar-refractivity contribution in [3.63, 3.8) is 0 Å². The molecule has 0 unspecified atom stereocenters. The number of carbonyl (C=O) groups is 1. The monoisotopic (exact) mass is 432 g/mol. The van der Waals surface area contributed by atoms with E-state index < -0.39 is 0 Å². The first-order valence-corrected chi connectivity index (χ1v) is 12.0. The molecule has 1 aliphatic carbocycles. The van der Waals surface area contributed by atoms with Crippen molar-refractivity contribution in [2.45, 2.75) is 51.0 Å². The summed E-state index contributed by atoms with van der Waals surface area (Å²) < 4.78 is 20.2. The van der Waals surface area contributed by atoms with E-state index in [0.717, 1.165) is 71.6 Å². The molecule has 1 aromatic carbocycles. The van der Waals surface area contributed by atoms with Crippen LogP contribution in [0.1, 0.15) is 44.9 Å². The molecule has 2 aliphatic heterocycles. The Morgan fingerprint density at radius 2 is 1.81 bits per heavy atom. The third-order valence-corrected chi connectivity index (χ3v) is 7.22. The van der Waals surface area contributed by atoms with Crippen LogP contribution in [0.4, 0.5) is 20.6 Å². The Kier molecular flexibility index (Phi) is 7.67. The van der Waals surface area contributed by atoms with E-state index in [2.05, 4.69) is 15.1 Å². The predicted octanol–water partition coefficient (Wildman–Crippen LogP) is 4.17. The van der Waals surface area contributed by atoms with Crippen molar-refractivity contribution in [3.05, 3.63) is 24.0 Å². The molecule has 7 heteroatoms. The van der Waals surface area contributed by atoms with Crippen LogP contribution in [0, 0.1) is 11.7 Å². The summed E-state index contributed by atoms with van der Waals surface area (Å²) in [5.41, 5.74) is 1.15. The number of carbonyl (C=O) groups excluding carboxylic acids is 1. The van der Waals surface area contributed by atoms with Gasteiger partial charge in [0.1, 0.15) is 5.82 Å². The second kappa shape index (κ2) is 10.6. The summed E-state index contributed by atoms with van der Waals surface area (Å²) in [5, 5.41) is 2.90. The van der Waals surface area contributed by atoms with Crippen molar-refractivity contribution >= 4 is 17.4 Å². The van der Waals surface area contributed by atoms with Crippen LogP contribution in [0.2, 0.25) is 0 Å². The number of hydrogen-bond donors (Lipinski definition) is 1. The van der Waals surface area contributed by atoms with Crippen LogP contribution in [0.3, 0.4) is 0 Å². The fourth-order valence-electron chi connectivity index (χ4n) is 5.21. The van der Waals surface area contributed by atoms with Gasteiger partial charge in [-0.05, 0) is 49.8 Å². The first kappa shape index (κ1) is 22.3. The molecule has 0 bridgehead atoms. The summed E-state index contributed by atoms with van der Waals surface area (Å²) >= 11 is 0. The van der Waals surface area contributed by atoms with Crippen molar-refractivity contribution < 1.29 is 13.9 Å². The summed E-state index contributed by atoms with van der Waals surface area (Å²) in [6.07, 6.45) is 7.99. The minimum atomic E-state index is -0.268. The zero-order valence-corrected chi connectivity index (χ0v) is 18.8. The van der Waals surface area contributed by atoms with E-state index in [1.807, 2.05) is 18.0 Å². The van der Waals surface area contributed by atoms with Crippen molar-refractivity contribution in [1.29, 1.82) is 0 Å². The smallest absolute Gasteiger partial charge is 0.321 e. The molecule has 2 saturated heterocycles. The highest BCUT2D eigenvalue weighted by atomic mass is 19.1. The Labute approximate surface area is 185 Å². The Hall–Kier alpha value is -1.86. The highest BCUT2D eigenvalue weighted by Gasteiger charge is 2.25. The number of nitrogens with one attached hydrogen (secondary N) is 1. The summed E-state index contributed by atoms with van der Waals surface area (Å²) in [6.45, 7) is 6.29. The molecule has 1 aromatic rings. The summed E-state index contributed by atoms with van der Waals surface area (Å²) in [5.74, 6) is 0.365. The van der Waals surface area contributed by atoms with Crippen LogP contribution in [0.15, 0.2) is 18.2 Å². The summed E-state index contributed by atoms with van der Waals surface area (Å²) in [6, 6.07) is 5.35. The first-order chi connectivity index (χ1) is 15.1. The minimum Gasteiger partial charge on any atom is -0.379 e. The maximum absolute atomic E-state index is 14.8. The average molecular weight is 433 g/mol. The number of ether oxygens (including phenoxy) is 1. The van der Waals surface area contributed by atoms with Crippen molar-refractivity contribution in [1.82, 2.24) is 9.80 Å². The molecule has 172 valence electrons. The molecule has 3 fully saturated rings. The van der Waals surface area contributed by atoms with E-state index in [1.165, 1.54) is 25.3 Å². The number of morpholine rings is 1. The zero-order chi connectivity index (χ0) is 21.6. The highest BCUT2D eigenvalue weighted by molar-refractivity contribution is 5.89. The van der Waals surface area contributed by atoms with Gasteiger partial charge in [-0.2, -0.15) is 0 Å². The SMILES string of the molecule is CN(c1ccc(NC(=O)N2CCC(CN3CCOCC3)CC2)cc1F)C1CCCCC1. The Balaban J connectivity index is 1.26. The molecule has 3 aliphatic rings. The fourth-order valence-corrected chi connectivity index (χ4v) is 5.21. The van der Waals surface area contributed by atoms with Crippen LogP contribution in [-0.4, -0.2) is 74.9 Å². The number of piperidine rings is 1. The number of urea groups is 1. The van der Waals surface area contributed by atoms with Crippen LogP contribution in [0.5, 0.6) is 0 Å². The second-order valence-corrected chi connectivity index (χ2v) is 9.34. The molecule has 2 amide bonds. The molecule has 0 aromatic heterocycles. The molecule has 0 radical (unpaired) electrons. The van der Waals surface area contributed by atoms with E-state index in [1.54, 1.807) is 6.07 Å². The Bertz CT molecular complexity index is 726. The topological polar surface area (TPSA) is 48.1 Å². The average Bonchev–Trinajstić information content (AvgIpc) is 2.80. The first-order valence-electron chi connectivity index (χ1n) is 12.0. The third kappa shape index (κ3) is 5.89. The van der Waals surface area contributed by atoms with Gasteiger partial charge in [0, 0.05) is 51.5 Å². The number of benzene rings is 1. The van der Waals surface area contributed by atoms with Gasteiger partial charge < -0.3 is 19.9 Å². The lowest BCUT2D eigenvalue weighted by Crippen LogP contribution is -2.45. The molecule has 6 nitrogen and oxygen atoms in total. The van der Waals surface area contributed by atoms with E-state index in [9.17, 15) is 9.18 Å². The third-order valence-electron chi connectivity index (χ3n) is 7.22. The van der Waals surface area contributed by atoms with Gasteiger partial charge in [0.15, 0.2) is 0 Å². The Morgan fingerprint density at radius 3 is 2.48 bits per heavy atom. The maximum Gasteiger partial charge on any atom is 0.321 e. The van der Waals surface area contributed by atoms with Gasteiger partial charge in [0.25, 0.3) is 0 Å². The van der Waals surface area contributed by atoms with Gasteiger partial charge in [-0.15, -0.1) is 0 Å². The van der Waals surface area contributed by atoms with Crippen LogP contribution in [0.25, 0.3) is 0 Å². The number of hydrogen-bond acceptors (Lipinski definition) is 4. The van der Waals surface area contributed by atoms with E-state index in [0.29, 0.717) is 23.3 Å². The molecule has 0 spiro atoms. The normalized spacial score (nSPS) is 21.8. The number of likely N-dealkylation sites (tertiary alicyclic amines) is 1. The zero-order valence-electron chi connectivity index (χ0n) is 18.8. The Morgan fingerprint density at radius 1 is 1.10 bits per heavy atom. The van der Waals surface area contributed by atoms with E-state index in [-0.39, 0.29) is 11.8 Å². The summed E-state index contributed by atoms with van der Waals surface area (Å²) in [7, 11) is 1.98. The number of anilines is 2. The quantitative estimate of drug-likeness (QED) is 0.759. The summed E-state index contributed by atoms with van der Waals surface area (Å²) in [4.78, 5) is 19.1. The maximum atomic E-state index is 14.8. The molecule has 0 atom stereocenters. The molecular weight excluding hydrogens is 395 g/mol. The number of halogens is 1. The minimum absolute atomic E-state index is 0.127. The van der Waals surface area contributed by atoms with E-state index in [4.69, 9.17) is 4.74 Å². The van der Waals surface area contributed by atoms with Gasteiger partial charge in [-0.25, -0.2) is 9.18 Å². The predicted molar refractivity (Wildman–Crippen MR) is 122 cm³/mol. The van der Waals surface area contributed by atoms with Crippen molar-refractivity contribution in [3.8, 4) is 0 Å².